The van der Waals surface area contributed by atoms with Crippen molar-refractivity contribution in [3.05, 3.63) is 18.2 Å². The summed E-state index contributed by atoms with van der Waals surface area (Å²) in [6, 6.07) is 5.07. The Hall–Kier alpha value is -1.62. The molecular formula is C18H24N4O4S2. The number of benzene rings is 1. The first-order chi connectivity index (χ1) is 13.4. The van der Waals surface area contributed by atoms with E-state index in [1.165, 1.54) is 16.1 Å². The first kappa shape index (κ1) is 19.7. The number of carbonyl (C=O) groups is 1. The van der Waals surface area contributed by atoms with E-state index in [0.29, 0.717) is 30.3 Å². The fourth-order valence-electron chi connectivity index (χ4n) is 3.74. The number of nitrogens with zero attached hydrogens (tertiary/aromatic N) is 3. The van der Waals surface area contributed by atoms with Crippen LogP contribution in [-0.4, -0.2) is 59.7 Å². The summed E-state index contributed by atoms with van der Waals surface area (Å²) in [5.41, 5.74) is 6.73. The molecular weight excluding hydrogens is 400 g/mol. The van der Waals surface area contributed by atoms with Crippen LogP contribution in [0.1, 0.15) is 25.7 Å². The van der Waals surface area contributed by atoms with E-state index in [1.807, 2.05) is 4.57 Å². The molecule has 2 aromatic rings. The topological polar surface area (TPSA) is 108 Å². The van der Waals surface area contributed by atoms with Crippen LogP contribution in [0.5, 0.6) is 0 Å². The van der Waals surface area contributed by atoms with E-state index < -0.39 is 15.9 Å². The molecule has 152 valence electrons. The molecule has 2 aliphatic heterocycles. The zero-order valence-corrected chi connectivity index (χ0v) is 17.2. The maximum Gasteiger partial charge on any atom is 0.243 e. The van der Waals surface area contributed by atoms with E-state index in [9.17, 15) is 13.2 Å². The Morgan fingerprint density at radius 1 is 1.29 bits per heavy atom. The van der Waals surface area contributed by atoms with Crippen molar-refractivity contribution in [3.63, 3.8) is 0 Å². The smallest absolute Gasteiger partial charge is 0.243 e. The maximum atomic E-state index is 12.9. The first-order valence-corrected chi connectivity index (χ1v) is 11.9. The van der Waals surface area contributed by atoms with Crippen molar-refractivity contribution in [2.45, 2.75) is 48.4 Å². The van der Waals surface area contributed by atoms with Gasteiger partial charge in [-0.05, 0) is 43.9 Å². The van der Waals surface area contributed by atoms with E-state index in [4.69, 9.17) is 10.5 Å². The van der Waals surface area contributed by atoms with Gasteiger partial charge in [-0.3, -0.25) is 4.79 Å². The lowest BCUT2D eigenvalue weighted by Crippen LogP contribution is -2.27. The Labute approximate surface area is 168 Å². The zero-order chi connectivity index (χ0) is 19.7. The Morgan fingerprint density at radius 3 is 2.75 bits per heavy atom. The normalized spacial score (nSPS) is 20.9. The highest BCUT2D eigenvalue weighted by Gasteiger charge is 2.28. The Kier molecular flexibility index (Phi) is 5.64. The van der Waals surface area contributed by atoms with Crippen molar-refractivity contribution in [3.8, 4) is 0 Å². The molecule has 3 heterocycles. The molecule has 1 atom stereocenters. The van der Waals surface area contributed by atoms with Gasteiger partial charge in [-0.2, -0.15) is 4.31 Å². The van der Waals surface area contributed by atoms with E-state index in [0.717, 1.165) is 37.8 Å². The van der Waals surface area contributed by atoms with Crippen molar-refractivity contribution in [2.24, 2.45) is 5.73 Å². The molecule has 0 aliphatic carbocycles. The van der Waals surface area contributed by atoms with Gasteiger partial charge in [-0.15, -0.1) is 0 Å². The molecule has 0 bridgehead atoms. The van der Waals surface area contributed by atoms with Gasteiger partial charge in [0.1, 0.15) is 0 Å². The summed E-state index contributed by atoms with van der Waals surface area (Å²) in [4.78, 5) is 16.1. The number of imidazole rings is 1. The van der Waals surface area contributed by atoms with Crippen LogP contribution < -0.4 is 5.73 Å². The molecule has 28 heavy (non-hydrogen) atoms. The zero-order valence-electron chi connectivity index (χ0n) is 15.5. The molecule has 2 fully saturated rings. The number of carbonyl (C=O) groups excluding carboxylic acids is 1. The van der Waals surface area contributed by atoms with Crippen molar-refractivity contribution >= 4 is 38.7 Å². The van der Waals surface area contributed by atoms with E-state index in [-0.39, 0.29) is 16.8 Å². The van der Waals surface area contributed by atoms with Crippen LogP contribution in [0.4, 0.5) is 0 Å². The van der Waals surface area contributed by atoms with E-state index in [2.05, 4.69) is 4.98 Å². The average Bonchev–Trinajstić information content (AvgIpc) is 3.42. The van der Waals surface area contributed by atoms with Crippen molar-refractivity contribution in [1.29, 1.82) is 0 Å². The number of ether oxygens (including phenoxy) is 1. The molecule has 8 nitrogen and oxygen atoms in total. The molecule has 10 heteroatoms. The molecule has 2 saturated heterocycles. The second kappa shape index (κ2) is 8.02. The minimum absolute atomic E-state index is 0.0957. The first-order valence-electron chi connectivity index (χ1n) is 9.48. The van der Waals surface area contributed by atoms with Gasteiger partial charge in [0.15, 0.2) is 5.16 Å². The summed E-state index contributed by atoms with van der Waals surface area (Å²) < 4.78 is 35.0. The Bertz CT molecular complexity index is 977. The predicted molar refractivity (Wildman–Crippen MR) is 107 cm³/mol. The third kappa shape index (κ3) is 3.91. The summed E-state index contributed by atoms with van der Waals surface area (Å²) in [5, 5.41) is 0.653. The Balaban J connectivity index is 1.70. The van der Waals surface area contributed by atoms with Crippen LogP contribution in [0.2, 0.25) is 0 Å². The van der Waals surface area contributed by atoms with Gasteiger partial charge < -0.3 is 15.0 Å². The third-order valence-electron chi connectivity index (χ3n) is 5.14. The van der Waals surface area contributed by atoms with Gasteiger partial charge in [0.05, 0.1) is 34.3 Å². The summed E-state index contributed by atoms with van der Waals surface area (Å²) >= 11 is 1.26. The lowest BCUT2D eigenvalue weighted by Gasteiger charge is -2.16. The quantitative estimate of drug-likeness (QED) is 0.676. The minimum atomic E-state index is -3.50. The number of thioether (sulfide) groups is 1. The molecule has 0 saturated carbocycles. The summed E-state index contributed by atoms with van der Waals surface area (Å²) in [5.74, 6) is -0.300. The van der Waals surface area contributed by atoms with Crippen LogP contribution >= 0.6 is 11.8 Å². The van der Waals surface area contributed by atoms with Gasteiger partial charge >= 0.3 is 0 Å². The largest absolute Gasteiger partial charge is 0.376 e. The second-order valence-corrected chi connectivity index (χ2v) is 10.0. The van der Waals surface area contributed by atoms with Crippen molar-refractivity contribution in [1.82, 2.24) is 13.9 Å². The number of aromatic nitrogens is 2. The molecule has 2 N–H and O–H groups in total. The number of nitrogens with two attached hydrogens (primary N) is 1. The van der Waals surface area contributed by atoms with Crippen LogP contribution in [-0.2, 0) is 26.1 Å². The number of sulfonamides is 1. The molecule has 4 rings (SSSR count). The fourth-order valence-corrected chi connectivity index (χ4v) is 6.04. The molecule has 1 amide bonds. The highest BCUT2D eigenvalue weighted by atomic mass is 32.2. The van der Waals surface area contributed by atoms with Crippen LogP contribution in [0.15, 0.2) is 28.3 Å². The van der Waals surface area contributed by atoms with Gasteiger partial charge in [0, 0.05) is 19.7 Å². The van der Waals surface area contributed by atoms with E-state index in [1.54, 1.807) is 18.2 Å². The number of hydrogen-bond donors (Lipinski definition) is 1. The molecule has 0 spiro atoms. The summed E-state index contributed by atoms with van der Waals surface area (Å²) in [7, 11) is -3.50. The molecule has 1 unspecified atom stereocenters. The predicted octanol–water partition coefficient (Wildman–Crippen LogP) is 1.58. The summed E-state index contributed by atoms with van der Waals surface area (Å²) in [6.45, 7) is 2.50. The Morgan fingerprint density at radius 2 is 2.07 bits per heavy atom. The second-order valence-electron chi connectivity index (χ2n) is 7.16. The number of primary amides is 1. The standard InChI is InChI=1S/C18H24N4O4S2/c19-17(23)12-27-18-20-15-10-14(28(24,25)21-7-1-2-8-21)5-6-16(15)22(18)11-13-4-3-9-26-13/h5-6,10,13H,1-4,7-9,11-12H2,(H2,19,23). The van der Waals surface area contributed by atoms with Crippen molar-refractivity contribution in [2.75, 3.05) is 25.4 Å². The van der Waals surface area contributed by atoms with Crippen LogP contribution in [0, 0.1) is 0 Å². The van der Waals surface area contributed by atoms with Gasteiger partial charge in [0.25, 0.3) is 0 Å². The fraction of sp³-hybridized carbons (Fsp3) is 0.556. The van der Waals surface area contributed by atoms with E-state index >= 15 is 0 Å². The summed E-state index contributed by atoms with van der Waals surface area (Å²) in [6.07, 6.45) is 3.88. The van der Waals surface area contributed by atoms with Gasteiger partial charge in [-0.25, -0.2) is 13.4 Å². The number of amides is 1. The molecule has 2 aliphatic rings. The number of fused-ring (bicyclic) bond motifs is 1. The number of hydrogen-bond acceptors (Lipinski definition) is 6. The highest BCUT2D eigenvalue weighted by Crippen LogP contribution is 2.29. The van der Waals surface area contributed by atoms with Gasteiger partial charge in [0.2, 0.25) is 15.9 Å². The molecule has 0 radical (unpaired) electrons. The lowest BCUT2D eigenvalue weighted by molar-refractivity contribution is -0.115. The molecule has 1 aromatic heterocycles. The van der Waals surface area contributed by atoms with Gasteiger partial charge in [-0.1, -0.05) is 11.8 Å². The minimum Gasteiger partial charge on any atom is -0.376 e. The van der Waals surface area contributed by atoms with Crippen LogP contribution in [0.25, 0.3) is 11.0 Å². The lowest BCUT2D eigenvalue weighted by atomic mass is 10.2. The third-order valence-corrected chi connectivity index (χ3v) is 8.03. The average molecular weight is 425 g/mol. The number of rotatable bonds is 7. The highest BCUT2D eigenvalue weighted by molar-refractivity contribution is 7.99. The van der Waals surface area contributed by atoms with Crippen LogP contribution in [0.3, 0.4) is 0 Å². The molecule has 1 aromatic carbocycles. The monoisotopic (exact) mass is 424 g/mol. The van der Waals surface area contributed by atoms with Crippen molar-refractivity contribution < 1.29 is 17.9 Å². The maximum absolute atomic E-state index is 12.9. The SMILES string of the molecule is NC(=O)CSc1nc2cc(S(=O)(=O)N3CCCC3)ccc2n1CC1CCCO1.